The molecule has 14 heavy (non-hydrogen) atoms. The maximum Gasteiger partial charge on any atom is 0.248 e. The normalized spacial score (nSPS) is 10.1. The van der Waals surface area contributed by atoms with Gasteiger partial charge in [-0.2, -0.15) is 0 Å². The molecule has 0 saturated heterocycles. The second kappa shape index (κ2) is 3.50. The van der Waals surface area contributed by atoms with Crippen LogP contribution in [0.2, 0.25) is 0 Å². The minimum Gasteiger partial charge on any atom is -0.239 e. The molecule has 0 amide bonds. The minimum atomic E-state index is 1.14. The molecular weight excluding hydrogens is 172 g/mol. The van der Waals surface area contributed by atoms with Crippen LogP contribution in [-0.2, 0) is 7.05 Å². The zero-order valence-electron chi connectivity index (χ0n) is 8.22. The summed E-state index contributed by atoms with van der Waals surface area (Å²) in [5, 5.41) is 0. The first-order valence-electron chi connectivity index (χ1n) is 4.56. The van der Waals surface area contributed by atoms with Gasteiger partial charge in [-0.15, -0.1) is 0 Å². The van der Waals surface area contributed by atoms with Crippen LogP contribution in [-0.4, -0.2) is 4.57 Å². The lowest BCUT2D eigenvalue weighted by molar-refractivity contribution is -0.670. The number of benzene rings is 1. The quantitative estimate of drug-likeness (QED) is 0.632. The first kappa shape index (κ1) is 8.75. The second-order valence-corrected chi connectivity index (χ2v) is 3.28. The molecule has 0 saturated carbocycles. The maximum absolute atomic E-state index is 3.73. The standard InChI is InChI=1S/C12H13N2/c1-3-11-4-6-12(7-5-11)14-9-8-13(2)10-14/h3-10H,1H2,2H3/q+1. The van der Waals surface area contributed by atoms with Gasteiger partial charge in [-0.25, -0.2) is 9.13 Å². The van der Waals surface area contributed by atoms with Crippen molar-refractivity contribution in [1.29, 1.82) is 0 Å². The molecule has 0 fully saturated rings. The van der Waals surface area contributed by atoms with Crippen molar-refractivity contribution in [2.75, 3.05) is 0 Å². The van der Waals surface area contributed by atoms with Gasteiger partial charge in [0.2, 0.25) is 6.33 Å². The molecule has 1 aromatic carbocycles. The molecular formula is C12H13N2+. The van der Waals surface area contributed by atoms with Crippen LogP contribution in [0.1, 0.15) is 5.56 Å². The van der Waals surface area contributed by atoms with Crippen molar-refractivity contribution >= 4 is 6.08 Å². The molecule has 0 aliphatic rings. The summed E-state index contributed by atoms with van der Waals surface area (Å²) in [6, 6.07) is 8.28. The van der Waals surface area contributed by atoms with Crippen LogP contribution in [0.25, 0.3) is 11.8 Å². The molecule has 2 rings (SSSR count). The van der Waals surface area contributed by atoms with Gasteiger partial charge in [-0.05, 0) is 17.7 Å². The van der Waals surface area contributed by atoms with E-state index in [2.05, 4.69) is 35.4 Å². The molecule has 0 spiro atoms. The van der Waals surface area contributed by atoms with E-state index in [0.717, 1.165) is 11.3 Å². The predicted octanol–water partition coefficient (Wildman–Crippen LogP) is 1.94. The Morgan fingerprint density at radius 1 is 1.29 bits per heavy atom. The molecule has 2 nitrogen and oxygen atoms in total. The number of imidazole rings is 1. The van der Waals surface area contributed by atoms with Crippen molar-refractivity contribution < 1.29 is 4.57 Å². The molecule has 0 bridgehead atoms. The molecule has 1 heterocycles. The third-order valence-corrected chi connectivity index (χ3v) is 2.20. The number of aryl methyl sites for hydroxylation is 1. The smallest absolute Gasteiger partial charge is 0.239 e. The summed E-state index contributed by atoms with van der Waals surface area (Å²) in [7, 11) is 2.01. The average molecular weight is 185 g/mol. The topological polar surface area (TPSA) is 8.81 Å². The Labute approximate surface area is 83.7 Å². The molecule has 2 aromatic rings. The highest BCUT2D eigenvalue weighted by molar-refractivity contribution is 5.49. The lowest BCUT2D eigenvalue weighted by atomic mass is 10.2. The van der Waals surface area contributed by atoms with Gasteiger partial charge < -0.3 is 0 Å². The van der Waals surface area contributed by atoms with Gasteiger partial charge in [0.1, 0.15) is 18.1 Å². The van der Waals surface area contributed by atoms with Crippen LogP contribution in [0.5, 0.6) is 0 Å². The second-order valence-electron chi connectivity index (χ2n) is 3.28. The van der Waals surface area contributed by atoms with Crippen LogP contribution in [0.3, 0.4) is 0 Å². The van der Waals surface area contributed by atoms with E-state index in [1.807, 2.05) is 36.4 Å². The summed E-state index contributed by atoms with van der Waals surface area (Å²) in [6.07, 6.45) is 7.92. The molecule has 1 aromatic heterocycles. The van der Waals surface area contributed by atoms with E-state index < -0.39 is 0 Å². The third kappa shape index (κ3) is 1.59. The van der Waals surface area contributed by atoms with Crippen molar-refractivity contribution in [2.24, 2.45) is 7.05 Å². The Bertz CT molecular complexity index is 438. The molecule has 0 N–H and O–H groups in total. The molecule has 0 atom stereocenters. The van der Waals surface area contributed by atoms with Crippen LogP contribution < -0.4 is 4.57 Å². The number of hydrogen-bond donors (Lipinski definition) is 0. The van der Waals surface area contributed by atoms with Gasteiger partial charge >= 0.3 is 0 Å². The van der Waals surface area contributed by atoms with Gasteiger partial charge in [0.15, 0.2) is 0 Å². The molecule has 0 unspecified atom stereocenters. The summed E-state index contributed by atoms with van der Waals surface area (Å²) in [4.78, 5) is 0. The Hall–Kier alpha value is -1.83. The summed E-state index contributed by atoms with van der Waals surface area (Å²) >= 11 is 0. The van der Waals surface area contributed by atoms with E-state index in [4.69, 9.17) is 0 Å². The predicted molar refractivity (Wildman–Crippen MR) is 57.0 cm³/mol. The van der Waals surface area contributed by atoms with Crippen molar-refractivity contribution in [1.82, 2.24) is 4.57 Å². The monoisotopic (exact) mass is 185 g/mol. The van der Waals surface area contributed by atoms with Crippen molar-refractivity contribution in [3.8, 4) is 5.69 Å². The van der Waals surface area contributed by atoms with Crippen molar-refractivity contribution in [3.63, 3.8) is 0 Å². The van der Waals surface area contributed by atoms with E-state index in [1.54, 1.807) is 0 Å². The SMILES string of the molecule is C=Cc1ccc(-n2cc[n+](C)c2)cc1. The molecule has 0 aliphatic heterocycles. The highest BCUT2D eigenvalue weighted by Gasteiger charge is 2.02. The number of aromatic nitrogens is 2. The Morgan fingerprint density at radius 3 is 2.50 bits per heavy atom. The molecule has 0 aliphatic carbocycles. The van der Waals surface area contributed by atoms with E-state index in [9.17, 15) is 0 Å². The zero-order chi connectivity index (χ0) is 9.97. The highest BCUT2D eigenvalue weighted by Crippen LogP contribution is 2.09. The number of rotatable bonds is 2. The molecule has 70 valence electrons. The summed E-state index contributed by atoms with van der Waals surface area (Å²) < 4.78 is 4.09. The number of nitrogens with zero attached hydrogens (tertiary/aromatic N) is 2. The average Bonchev–Trinajstić information content (AvgIpc) is 2.65. The largest absolute Gasteiger partial charge is 0.248 e. The van der Waals surface area contributed by atoms with Crippen molar-refractivity contribution in [2.45, 2.75) is 0 Å². The molecule has 2 heteroatoms. The molecule has 0 radical (unpaired) electrons. The Kier molecular flexibility index (Phi) is 2.19. The summed E-state index contributed by atoms with van der Waals surface area (Å²) in [6.45, 7) is 3.73. The van der Waals surface area contributed by atoms with Gasteiger partial charge in [0.25, 0.3) is 0 Å². The van der Waals surface area contributed by atoms with Gasteiger partial charge in [0.05, 0.1) is 7.05 Å². The fourth-order valence-corrected chi connectivity index (χ4v) is 1.39. The van der Waals surface area contributed by atoms with E-state index in [0.29, 0.717) is 0 Å². The van der Waals surface area contributed by atoms with Gasteiger partial charge in [-0.3, -0.25) is 0 Å². The van der Waals surface area contributed by atoms with Crippen LogP contribution in [0.4, 0.5) is 0 Å². The fourth-order valence-electron chi connectivity index (χ4n) is 1.39. The Balaban J connectivity index is 2.38. The van der Waals surface area contributed by atoms with E-state index in [1.165, 1.54) is 0 Å². The first-order chi connectivity index (χ1) is 6.79. The van der Waals surface area contributed by atoms with Crippen LogP contribution in [0, 0.1) is 0 Å². The lowest BCUT2D eigenvalue weighted by Gasteiger charge is -1.95. The highest BCUT2D eigenvalue weighted by atomic mass is 15.1. The van der Waals surface area contributed by atoms with Crippen molar-refractivity contribution in [3.05, 3.63) is 55.1 Å². The van der Waals surface area contributed by atoms with Crippen LogP contribution >= 0.6 is 0 Å². The van der Waals surface area contributed by atoms with E-state index >= 15 is 0 Å². The summed E-state index contributed by atoms with van der Waals surface area (Å²) in [5.41, 5.74) is 2.31. The Morgan fingerprint density at radius 2 is 2.00 bits per heavy atom. The lowest BCUT2D eigenvalue weighted by Crippen LogP contribution is -2.23. The van der Waals surface area contributed by atoms with Gasteiger partial charge in [-0.1, -0.05) is 24.8 Å². The zero-order valence-corrected chi connectivity index (χ0v) is 8.22. The fraction of sp³-hybridized carbons (Fsp3) is 0.0833. The van der Waals surface area contributed by atoms with Crippen LogP contribution in [0.15, 0.2) is 49.6 Å². The third-order valence-electron chi connectivity index (χ3n) is 2.20. The summed E-state index contributed by atoms with van der Waals surface area (Å²) in [5.74, 6) is 0. The maximum atomic E-state index is 3.73. The van der Waals surface area contributed by atoms with E-state index in [-0.39, 0.29) is 0 Å². The van der Waals surface area contributed by atoms with Gasteiger partial charge in [0, 0.05) is 0 Å². The first-order valence-corrected chi connectivity index (χ1v) is 4.56. The number of hydrogen-bond acceptors (Lipinski definition) is 0. The minimum absolute atomic E-state index is 1.14.